The quantitative estimate of drug-likeness (QED) is 0.478. The summed E-state index contributed by atoms with van der Waals surface area (Å²) in [4.78, 5) is 31.9. The molecule has 2 heterocycles. The topological polar surface area (TPSA) is 53.1 Å². The minimum atomic E-state index is -0.00485. The van der Waals surface area contributed by atoms with Crippen LogP contribution in [-0.2, 0) is 11.2 Å². The van der Waals surface area contributed by atoms with Gasteiger partial charge in [-0.15, -0.1) is 11.8 Å². The Hall–Kier alpha value is -3.45. The molecule has 2 fully saturated rings. The Balaban J connectivity index is 1.20. The number of rotatable bonds is 7. The normalized spacial score (nSPS) is 18.0. The third kappa shape index (κ3) is 5.21. The van der Waals surface area contributed by atoms with Crippen LogP contribution < -0.4 is 9.64 Å². The lowest BCUT2D eigenvalue weighted by Gasteiger charge is -2.36. The predicted molar refractivity (Wildman–Crippen MR) is 145 cm³/mol. The summed E-state index contributed by atoms with van der Waals surface area (Å²) < 4.78 is 5.50. The molecule has 5 rings (SSSR count). The fraction of sp³-hybridized carbons (Fsp3) is 0.310. The number of ether oxygens (including phenoxy) is 1. The summed E-state index contributed by atoms with van der Waals surface area (Å²) in [6.07, 6.45) is 0.834. The van der Waals surface area contributed by atoms with E-state index in [1.807, 2.05) is 70.5 Å². The number of thioether (sulfide) groups is 1. The van der Waals surface area contributed by atoms with Crippen LogP contribution >= 0.6 is 11.8 Å². The van der Waals surface area contributed by atoms with Crippen LogP contribution in [0, 0.1) is 0 Å². The van der Waals surface area contributed by atoms with Gasteiger partial charge in [0, 0.05) is 38.3 Å². The number of piperazine rings is 1. The van der Waals surface area contributed by atoms with Crippen LogP contribution in [0.1, 0.15) is 26.9 Å². The fourth-order valence-corrected chi connectivity index (χ4v) is 6.10. The van der Waals surface area contributed by atoms with E-state index in [1.165, 1.54) is 5.56 Å². The van der Waals surface area contributed by atoms with Crippen molar-refractivity contribution in [2.24, 2.45) is 0 Å². The van der Waals surface area contributed by atoms with Gasteiger partial charge in [0.05, 0.1) is 18.6 Å². The SMILES string of the molecule is COc1ccccc1N1CCN(C(=O)c2ccc(C3SCC(=O)N3CCc3ccccc3)cc2)CC1. The largest absolute Gasteiger partial charge is 0.495 e. The smallest absolute Gasteiger partial charge is 0.253 e. The second-order valence-corrected chi connectivity index (χ2v) is 10.1. The van der Waals surface area contributed by atoms with Crippen LogP contribution in [0.2, 0.25) is 0 Å². The number of carbonyl (C=O) groups excluding carboxylic acids is 2. The average Bonchev–Trinajstić information content (AvgIpc) is 3.32. The van der Waals surface area contributed by atoms with Crippen molar-refractivity contribution in [3.05, 3.63) is 95.6 Å². The van der Waals surface area contributed by atoms with Crippen molar-refractivity contribution >= 4 is 29.3 Å². The first-order chi connectivity index (χ1) is 17.6. The van der Waals surface area contributed by atoms with Crippen LogP contribution in [0.4, 0.5) is 5.69 Å². The van der Waals surface area contributed by atoms with Gasteiger partial charge in [-0.05, 0) is 41.8 Å². The van der Waals surface area contributed by atoms with E-state index in [1.54, 1.807) is 18.9 Å². The predicted octanol–water partition coefficient (Wildman–Crippen LogP) is 4.47. The fourth-order valence-electron chi connectivity index (χ4n) is 4.88. The first-order valence-corrected chi connectivity index (χ1v) is 13.4. The lowest BCUT2D eigenvalue weighted by atomic mass is 10.1. The summed E-state index contributed by atoms with van der Waals surface area (Å²) in [7, 11) is 1.69. The molecule has 2 amide bonds. The number of carbonyl (C=O) groups is 2. The minimum absolute atomic E-state index is 0.00485. The molecule has 2 aliphatic rings. The van der Waals surface area contributed by atoms with Crippen molar-refractivity contribution < 1.29 is 14.3 Å². The maximum Gasteiger partial charge on any atom is 0.253 e. The van der Waals surface area contributed by atoms with Crippen LogP contribution in [-0.4, -0.2) is 67.2 Å². The molecule has 1 atom stereocenters. The molecule has 0 radical (unpaired) electrons. The zero-order chi connectivity index (χ0) is 24.9. The summed E-state index contributed by atoms with van der Waals surface area (Å²) in [5.74, 6) is 1.58. The summed E-state index contributed by atoms with van der Waals surface area (Å²) >= 11 is 1.66. The molecule has 3 aromatic carbocycles. The number of benzene rings is 3. The maximum atomic E-state index is 13.2. The van der Waals surface area contributed by atoms with Gasteiger partial charge >= 0.3 is 0 Å². The number of methoxy groups -OCH3 is 1. The van der Waals surface area contributed by atoms with E-state index in [4.69, 9.17) is 4.74 Å². The number of amides is 2. The van der Waals surface area contributed by atoms with Gasteiger partial charge in [0.2, 0.25) is 5.91 Å². The number of hydrogen-bond acceptors (Lipinski definition) is 5. The van der Waals surface area contributed by atoms with Gasteiger partial charge in [0.25, 0.3) is 5.91 Å². The maximum absolute atomic E-state index is 13.2. The van der Waals surface area contributed by atoms with Crippen molar-refractivity contribution in [1.29, 1.82) is 0 Å². The Labute approximate surface area is 216 Å². The average molecular weight is 502 g/mol. The van der Waals surface area contributed by atoms with E-state index in [9.17, 15) is 9.59 Å². The van der Waals surface area contributed by atoms with E-state index in [-0.39, 0.29) is 17.2 Å². The van der Waals surface area contributed by atoms with E-state index in [2.05, 4.69) is 23.1 Å². The summed E-state index contributed by atoms with van der Waals surface area (Å²) in [6, 6.07) is 26.1. The van der Waals surface area contributed by atoms with Gasteiger partial charge in [-0.25, -0.2) is 0 Å². The second-order valence-electron chi connectivity index (χ2n) is 9.06. The Bertz CT molecular complexity index is 1190. The van der Waals surface area contributed by atoms with E-state index >= 15 is 0 Å². The van der Waals surface area contributed by atoms with E-state index in [0.29, 0.717) is 31.0 Å². The number of anilines is 1. The Morgan fingerprint density at radius 3 is 2.33 bits per heavy atom. The molecule has 0 spiro atoms. The third-order valence-corrected chi connectivity index (χ3v) is 8.14. The highest BCUT2D eigenvalue weighted by Crippen LogP contribution is 2.38. The van der Waals surface area contributed by atoms with E-state index < -0.39 is 0 Å². The van der Waals surface area contributed by atoms with Crippen LogP contribution in [0.5, 0.6) is 5.75 Å². The molecule has 7 heteroatoms. The molecule has 6 nitrogen and oxygen atoms in total. The molecule has 0 aliphatic carbocycles. The summed E-state index contributed by atoms with van der Waals surface area (Å²) in [6.45, 7) is 3.55. The minimum Gasteiger partial charge on any atom is -0.495 e. The molecule has 0 N–H and O–H groups in total. The molecular weight excluding hydrogens is 470 g/mol. The van der Waals surface area contributed by atoms with Crippen molar-refractivity contribution in [1.82, 2.24) is 9.80 Å². The van der Waals surface area contributed by atoms with Gasteiger partial charge in [0.15, 0.2) is 0 Å². The highest BCUT2D eigenvalue weighted by Gasteiger charge is 2.32. The van der Waals surface area contributed by atoms with Gasteiger partial charge in [0.1, 0.15) is 11.1 Å². The number of para-hydroxylation sites is 2. The zero-order valence-corrected chi connectivity index (χ0v) is 21.3. The number of nitrogens with zero attached hydrogens (tertiary/aromatic N) is 3. The highest BCUT2D eigenvalue weighted by atomic mass is 32.2. The van der Waals surface area contributed by atoms with Crippen molar-refractivity contribution in [3.8, 4) is 5.75 Å². The third-order valence-electron chi connectivity index (χ3n) is 6.89. The van der Waals surface area contributed by atoms with E-state index in [0.717, 1.165) is 36.5 Å². The molecular formula is C29H31N3O3S. The lowest BCUT2D eigenvalue weighted by molar-refractivity contribution is -0.128. The summed E-state index contributed by atoms with van der Waals surface area (Å²) in [5.41, 5.74) is 4.05. The zero-order valence-electron chi connectivity index (χ0n) is 20.5. The monoisotopic (exact) mass is 501 g/mol. The van der Waals surface area contributed by atoms with Crippen LogP contribution in [0.3, 0.4) is 0 Å². The molecule has 1 unspecified atom stereocenters. The standard InChI is InChI=1S/C29H31N3O3S/c1-35-26-10-6-5-9-25(26)30-17-19-31(20-18-30)28(34)23-11-13-24(14-12-23)29-32(27(33)21-36-29)16-15-22-7-3-2-4-8-22/h2-14,29H,15-21H2,1H3. The highest BCUT2D eigenvalue weighted by molar-refractivity contribution is 8.00. The molecule has 186 valence electrons. The molecule has 2 saturated heterocycles. The first-order valence-electron chi connectivity index (χ1n) is 12.4. The van der Waals surface area contributed by atoms with Crippen molar-refractivity contribution in [2.75, 3.05) is 50.5 Å². The number of hydrogen-bond donors (Lipinski definition) is 0. The Kier molecular flexibility index (Phi) is 7.47. The molecule has 0 saturated carbocycles. The van der Waals surface area contributed by atoms with Gasteiger partial charge in [-0.3, -0.25) is 9.59 Å². The molecule has 36 heavy (non-hydrogen) atoms. The van der Waals surface area contributed by atoms with Crippen LogP contribution in [0.15, 0.2) is 78.9 Å². The first kappa shape index (κ1) is 24.3. The van der Waals surface area contributed by atoms with Crippen molar-refractivity contribution in [2.45, 2.75) is 11.8 Å². The van der Waals surface area contributed by atoms with Crippen molar-refractivity contribution in [3.63, 3.8) is 0 Å². The second kappa shape index (κ2) is 11.1. The summed E-state index contributed by atoms with van der Waals surface area (Å²) in [5, 5.41) is -0.00485. The van der Waals surface area contributed by atoms with Gasteiger partial charge < -0.3 is 19.4 Å². The molecule has 0 aromatic heterocycles. The molecule has 0 bridgehead atoms. The molecule has 2 aliphatic heterocycles. The lowest BCUT2D eigenvalue weighted by Crippen LogP contribution is -2.48. The van der Waals surface area contributed by atoms with Gasteiger partial charge in [-0.2, -0.15) is 0 Å². The van der Waals surface area contributed by atoms with Crippen LogP contribution in [0.25, 0.3) is 0 Å². The Morgan fingerprint density at radius 1 is 0.917 bits per heavy atom. The molecule has 3 aromatic rings. The Morgan fingerprint density at radius 2 is 1.61 bits per heavy atom. The van der Waals surface area contributed by atoms with Gasteiger partial charge in [-0.1, -0.05) is 54.6 Å².